The maximum atomic E-state index is 3.00. The van der Waals surface area contributed by atoms with Crippen LogP contribution in [0.5, 0.6) is 0 Å². The Morgan fingerprint density at radius 3 is 0.721 bits per heavy atom. The molecule has 0 aliphatic rings. The Labute approximate surface area is 275 Å². The van der Waals surface area contributed by atoms with E-state index in [0.29, 0.717) is 0 Å². The molecule has 0 heterocycles. The predicted octanol–water partition coefficient (Wildman–Crippen LogP) is 15.4. The van der Waals surface area contributed by atoms with Gasteiger partial charge < -0.3 is 4.90 Å². The van der Waals surface area contributed by atoms with Crippen LogP contribution in [0, 0.1) is 0 Å². The van der Waals surface area contributed by atoms with Crippen molar-refractivity contribution in [3.63, 3.8) is 0 Å². The highest BCUT2D eigenvalue weighted by atomic mass is 15.1. The average molecular weight is 606 g/mol. The molecule has 1 heteroatoms. The summed E-state index contributed by atoms with van der Waals surface area (Å²) in [4.78, 5) is 3.00. The fourth-order valence-electron chi connectivity index (χ4n) is 7.09. The third kappa shape index (κ3) is 33.1. The molecule has 0 saturated carbocycles. The lowest BCUT2D eigenvalue weighted by molar-refractivity contribution is 0.163. The summed E-state index contributed by atoms with van der Waals surface area (Å²) in [6.07, 6.45) is 50.9. The third-order valence-electron chi connectivity index (χ3n) is 10.1. The van der Waals surface area contributed by atoms with E-state index in [1.807, 2.05) is 0 Å². The van der Waals surface area contributed by atoms with E-state index in [1.54, 1.807) is 0 Å². The summed E-state index contributed by atoms with van der Waals surface area (Å²) in [6, 6.07) is 0.861. The van der Waals surface area contributed by atoms with Crippen molar-refractivity contribution < 1.29 is 0 Å². The van der Waals surface area contributed by atoms with Crippen molar-refractivity contribution in [3.8, 4) is 0 Å². The lowest BCUT2D eigenvalue weighted by atomic mass is 9.97. The van der Waals surface area contributed by atoms with Crippen LogP contribution in [-0.4, -0.2) is 24.0 Å². The second kappa shape index (κ2) is 38.1. The van der Waals surface area contributed by atoms with E-state index in [1.165, 1.54) is 238 Å². The smallest absolute Gasteiger partial charge is 0.00952 e. The second-order valence-corrected chi connectivity index (χ2v) is 14.5. The Morgan fingerprint density at radius 2 is 0.465 bits per heavy atom. The van der Waals surface area contributed by atoms with E-state index in [2.05, 4.69) is 32.6 Å². The quantitative estimate of drug-likeness (QED) is 0.0633. The van der Waals surface area contributed by atoms with Gasteiger partial charge in [0.25, 0.3) is 0 Å². The molecule has 0 aliphatic heterocycles. The molecular formula is C42H87N. The van der Waals surface area contributed by atoms with E-state index < -0.39 is 0 Å². The van der Waals surface area contributed by atoms with Crippen molar-refractivity contribution in [3.05, 3.63) is 0 Å². The van der Waals surface area contributed by atoms with Crippen molar-refractivity contribution in [2.24, 2.45) is 0 Å². The number of hydrogen-bond acceptors (Lipinski definition) is 1. The van der Waals surface area contributed by atoms with Gasteiger partial charge in [0.2, 0.25) is 0 Å². The zero-order valence-electron chi connectivity index (χ0n) is 31.2. The molecule has 0 radical (unpaired) electrons. The van der Waals surface area contributed by atoms with Crippen molar-refractivity contribution in [1.82, 2.24) is 4.90 Å². The minimum absolute atomic E-state index is 0.861. The maximum absolute atomic E-state index is 3.00. The molecule has 1 atom stereocenters. The molecule has 0 N–H and O–H groups in total. The van der Waals surface area contributed by atoms with Gasteiger partial charge in [-0.05, 0) is 38.8 Å². The van der Waals surface area contributed by atoms with Gasteiger partial charge >= 0.3 is 0 Å². The summed E-state index contributed by atoms with van der Waals surface area (Å²) >= 11 is 0. The van der Waals surface area contributed by atoms with Crippen LogP contribution in [-0.2, 0) is 0 Å². The first kappa shape index (κ1) is 43.0. The molecule has 0 rings (SSSR count). The van der Waals surface area contributed by atoms with Crippen LogP contribution in [0.1, 0.15) is 252 Å². The van der Waals surface area contributed by atoms with Crippen molar-refractivity contribution in [2.45, 2.75) is 258 Å². The highest BCUT2D eigenvalue weighted by Crippen LogP contribution is 2.21. The monoisotopic (exact) mass is 606 g/mol. The normalized spacial score (nSPS) is 12.5. The van der Waals surface area contributed by atoms with E-state index >= 15 is 0 Å². The van der Waals surface area contributed by atoms with Crippen LogP contribution in [0.2, 0.25) is 0 Å². The topological polar surface area (TPSA) is 3.24 Å². The molecule has 0 aromatic carbocycles. The molecule has 260 valence electrons. The van der Waals surface area contributed by atoms with Crippen LogP contribution in [0.15, 0.2) is 0 Å². The minimum Gasteiger partial charge on any atom is -0.300 e. The van der Waals surface area contributed by atoms with Gasteiger partial charge in [-0.15, -0.1) is 0 Å². The summed E-state index contributed by atoms with van der Waals surface area (Å²) in [5, 5.41) is 0. The van der Waals surface area contributed by atoms with E-state index in [-0.39, 0.29) is 0 Å². The van der Waals surface area contributed by atoms with Crippen LogP contribution in [0.4, 0.5) is 0 Å². The molecule has 0 aliphatic carbocycles. The van der Waals surface area contributed by atoms with Gasteiger partial charge in [0, 0.05) is 6.04 Å². The SMILES string of the molecule is CCCCCCCCCCCCCCCCCCC(CCCCCCC)N(CCCCCCCC)CCCCCCCC. The minimum atomic E-state index is 0.861. The average Bonchev–Trinajstić information content (AvgIpc) is 3.02. The van der Waals surface area contributed by atoms with Crippen LogP contribution >= 0.6 is 0 Å². The van der Waals surface area contributed by atoms with Gasteiger partial charge in [-0.25, -0.2) is 0 Å². The number of nitrogens with zero attached hydrogens (tertiary/aromatic N) is 1. The Hall–Kier alpha value is -0.0400. The summed E-state index contributed by atoms with van der Waals surface area (Å²) in [6.45, 7) is 12.1. The van der Waals surface area contributed by atoms with E-state index in [9.17, 15) is 0 Å². The van der Waals surface area contributed by atoms with Gasteiger partial charge in [-0.2, -0.15) is 0 Å². The first-order valence-corrected chi connectivity index (χ1v) is 21.0. The fourth-order valence-corrected chi connectivity index (χ4v) is 7.09. The molecule has 0 aromatic heterocycles. The van der Waals surface area contributed by atoms with Gasteiger partial charge in [0.05, 0.1) is 0 Å². The zero-order valence-corrected chi connectivity index (χ0v) is 31.2. The third-order valence-corrected chi connectivity index (χ3v) is 10.1. The first-order valence-electron chi connectivity index (χ1n) is 21.0. The second-order valence-electron chi connectivity index (χ2n) is 14.5. The largest absolute Gasteiger partial charge is 0.300 e. The highest BCUT2D eigenvalue weighted by molar-refractivity contribution is 4.73. The summed E-state index contributed by atoms with van der Waals surface area (Å²) in [7, 11) is 0. The maximum Gasteiger partial charge on any atom is 0.00952 e. The number of unbranched alkanes of at least 4 members (excludes halogenated alkanes) is 29. The Kier molecular flexibility index (Phi) is 38.1. The van der Waals surface area contributed by atoms with Crippen molar-refractivity contribution >= 4 is 0 Å². The van der Waals surface area contributed by atoms with Crippen LogP contribution in [0.3, 0.4) is 0 Å². The molecule has 1 unspecified atom stereocenters. The number of hydrogen-bond donors (Lipinski definition) is 0. The molecule has 43 heavy (non-hydrogen) atoms. The molecule has 1 nitrogen and oxygen atoms in total. The molecule has 0 saturated heterocycles. The van der Waals surface area contributed by atoms with Gasteiger partial charge in [-0.3, -0.25) is 0 Å². The molecule has 0 amide bonds. The summed E-state index contributed by atoms with van der Waals surface area (Å²) in [5.41, 5.74) is 0. The zero-order chi connectivity index (χ0) is 31.3. The Balaban J connectivity index is 4.36. The molecular weight excluding hydrogens is 518 g/mol. The molecule has 0 fully saturated rings. The van der Waals surface area contributed by atoms with Crippen molar-refractivity contribution in [2.75, 3.05) is 13.1 Å². The standard InChI is InChI=1S/C42H87N/c1-5-9-13-17-20-21-22-23-24-25-26-27-28-29-31-35-39-42(38-34-30-16-12-8-4)43(40-36-32-18-14-10-6-2)41-37-33-19-15-11-7-3/h42H,5-41H2,1-4H3. The number of rotatable bonds is 38. The van der Waals surface area contributed by atoms with Gasteiger partial charge in [-0.1, -0.05) is 227 Å². The molecule has 0 bridgehead atoms. The Bertz CT molecular complexity index is 458. The van der Waals surface area contributed by atoms with Crippen molar-refractivity contribution in [1.29, 1.82) is 0 Å². The van der Waals surface area contributed by atoms with Crippen LogP contribution < -0.4 is 0 Å². The Morgan fingerprint density at radius 1 is 0.256 bits per heavy atom. The van der Waals surface area contributed by atoms with Gasteiger partial charge in [0.15, 0.2) is 0 Å². The van der Waals surface area contributed by atoms with Crippen LogP contribution in [0.25, 0.3) is 0 Å². The highest BCUT2D eigenvalue weighted by Gasteiger charge is 2.17. The predicted molar refractivity (Wildman–Crippen MR) is 200 cm³/mol. The van der Waals surface area contributed by atoms with E-state index in [4.69, 9.17) is 0 Å². The van der Waals surface area contributed by atoms with Gasteiger partial charge in [0.1, 0.15) is 0 Å². The first-order chi connectivity index (χ1) is 21.3. The lowest BCUT2D eigenvalue weighted by Crippen LogP contribution is -2.37. The molecule has 0 spiro atoms. The fraction of sp³-hybridized carbons (Fsp3) is 1.00. The lowest BCUT2D eigenvalue weighted by Gasteiger charge is -2.32. The van der Waals surface area contributed by atoms with E-state index in [0.717, 1.165) is 6.04 Å². The molecule has 0 aromatic rings. The summed E-state index contributed by atoms with van der Waals surface area (Å²) in [5.74, 6) is 0. The summed E-state index contributed by atoms with van der Waals surface area (Å²) < 4.78 is 0.